The largest absolute Gasteiger partial charge is 0.294 e. The standard InChI is InChI=1S/C19H25NO/c1-13-7-6-12-19(4,5)18(13)11-9-16-8-10-17(15(3)21)14(2)20-16/h8-11H,6-7,12H2,1-5H3/b11-9+. The van der Waals surface area contributed by atoms with Gasteiger partial charge in [-0.15, -0.1) is 0 Å². The maximum atomic E-state index is 11.4. The number of carbonyl (C=O) groups is 1. The van der Waals surface area contributed by atoms with E-state index in [-0.39, 0.29) is 11.2 Å². The first-order valence-corrected chi connectivity index (χ1v) is 7.68. The molecule has 1 aliphatic rings. The van der Waals surface area contributed by atoms with Crippen molar-refractivity contribution in [3.8, 4) is 0 Å². The zero-order chi connectivity index (χ0) is 15.6. The van der Waals surface area contributed by atoms with Crippen LogP contribution in [0.4, 0.5) is 0 Å². The number of nitrogens with zero attached hydrogens (tertiary/aromatic N) is 1. The summed E-state index contributed by atoms with van der Waals surface area (Å²) in [6.45, 7) is 10.3. The van der Waals surface area contributed by atoms with Crippen molar-refractivity contribution in [2.45, 2.75) is 53.9 Å². The number of hydrogen-bond donors (Lipinski definition) is 0. The number of aryl methyl sites for hydroxylation is 1. The van der Waals surface area contributed by atoms with E-state index < -0.39 is 0 Å². The number of pyridine rings is 1. The minimum absolute atomic E-state index is 0.0718. The SMILES string of the molecule is CC(=O)c1ccc(/C=C/C2=C(C)CCCC2(C)C)nc1C. The number of hydrogen-bond acceptors (Lipinski definition) is 2. The Hall–Kier alpha value is -1.70. The molecule has 112 valence electrons. The molecule has 0 fully saturated rings. The lowest BCUT2D eigenvalue weighted by Gasteiger charge is -2.32. The fraction of sp³-hybridized carbons (Fsp3) is 0.474. The van der Waals surface area contributed by atoms with Gasteiger partial charge in [-0.3, -0.25) is 9.78 Å². The Balaban J connectivity index is 2.29. The van der Waals surface area contributed by atoms with Crippen molar-refractivity contribution in [1.82, 2.24) is 4.98 Å². The lowest BCUT2D eigenvalue weighted by Crippen LogP contribution is -2.18. The van der Waals surface area contributed by atoms with Gasteiger partial charge in [0.25, 0.3) is 0 Å². The zero-order valence-electron chi connectivity index (χ0n) is 13.8. The first-order chi connectivity index (χ1) is 9.81. The molecule has 0 amide bonds. The first-order valence-electron chi connectivity index (χ1n) is 7.68. The van der Waals surface area contributed by atoms with Crippen molar-refractivity contribution in [3.05, 3.63) is 46.3 Å². The van der Waals surface area contributed by atoms with E-state index in [0.717, 1.165) is 11.4 Å². The second-order valence-electron chi connectivity index (χ2n) is 6.69. The highest BCUT2D eigenvalue weighted by molar-refractivity contribution is 5.95. The van der Waals surface area contributed by atoms with E-state index in [1.165, 1.54) is 30.4 Å². The number of rotatable bonds is 3. The van der Waals surface area contributed by atoms with Gasteiger partial charge in [-0.1, -0.05) is 25.5 Å². The molecule has 1 heterocycles. The summed E-state index contributed by atoms with van der Waals surface area (Å²) in [7, 11) is 0. The summed E-state index contributed by atoms with van der Waals surface area (Å²) in [5, 5.41) is 0. The first kappa shape index (κ1) is 15.7. The predicted octanol–water partition coefficient (Wildman–Crippen LogP) is 5.13. The Labute approximate surface area is 128 Å². The molecule has 0 aromatic carbocycles. The Morgan fingerprint density at radius 2 is 1.95 bits per heavy atom. The molecule has 0 atom stereocenters. The quantitative estimate of drug-likeness (QED) is 0.719. The van der Waals surface area contributed by atoms with Crippen molar-refractivity contribution in [2.75, 3.05) is 0 Å². The Bertz CT molecular complexity index is 620. The number of ketones is 1. The molecule has 0 saturated carbocycles. The van der Waals surface area contributed by atoms with Crippen LogP contribution in [0.5, 0.6) is 0 Å². The van der Waals surface area contributed by atoms with Crippen molar-refractivity contribution < 1.29 is 4.79 Å². The molecule has 0 bridgehead atoms. The van der Waals surface area contributed by atoms with Crippen LogP contribution >= 0.6 is 0 Å². The Morgan fingerprint density at radius 3 is 2.52 bits per heavy atom. The minimum atomic E-state index is 0.0718. The van der Waals surface area contributed by atoms with E-state index in [1.54, 1.807) is 6.92 Å². The zero-order valence-corrected chi connectivity index (χ0v) is 13.8. The number of allylic oxidation sites excluding steroid dienone is 3. The predicted molar refractivity (Wildman–Crippen MR) is 88.3 cm³/mol. The average Bonchev–Trinajstić information content (AvgIpc) is 2.37. The molecule has 1 aromatic heterocycles. The maximum Gasteiger partial charge on any atom is 0.161 e. The third-order valence-corrected chi connectivity index (χ3v) is 4.45. The second kappa shape index (κ2) is 5.97. The van der Waals surface area contributed by atoms with Gasteiger partial charge < -0.3 is 0 Å². The van der Waals surface area contributed by atoms with Crippen LogP contribution in [-0.2, 0) is 0 Å². The third-order valence-electron chi connectivity index (χ3n) is 4.45. The van der Waals surface area contributed by atoms with Crippen LogP contribution in [0.1, 0.15) is 68.7 Å². The monoisotopic (exact) mass is 283 g/mol. The average molecular weight is 283 g/mol. The fourth-order valence-corrected chi connectivity index (χ4v) is 3.22. The van der Waals surface area contributed by atoms with Crippen LogP contribution in [0.3, 0.4) is 0 Å². The lowest BCUT2D eigenvalue weighted by molar-refractivity contribution is 0.101. The topological polar surface area (TPSA) is 30.0 Å². The summed E-state index contributed by atoms with van der Waals surface area (Å²) in [4.78, 5) is 16.0. The van der Waals surface area contributed by atoms with Crippen LogP contribution in [0.2, 0.25) is 0 Å². The van der Waals surface area contributed by atoms with E-state index in [1.807, 2.05) is 19.1 Å². The van der Waals surface area contributed by atoms with Gasteiger partial charge in [-0.25, -0.2) is 0 Å². The molecule has 0 aliphatic heterocycles. The van der Waals surface area contributed by atoms with E-state index in [2.05, 4.69) is 37.9 Å². The minimum Gasteiger partial charge on any atom is -0.294 e. The van der Waals surface area contributed by atoms with Crippen molar-refractivity contribution in [2.24, 2.45) is 5.41 Å². The lowest BCUT2D eigenvalue weighted by atomic mass is 9.72. The van der Waals surface area contributed by atoms with E-state index in [9.17, 15) is 4.79 Å². The molecule has 0 saturated heterocycles. The molecule has 0 radical (unpaired) electrons. The van der Waals surface area contributed by atoms with E-state index >= 15 is 0 Å². The van der Waals surface area contributed by atoms with Crippen LogP contribution < -0.4 is 0 Å². The van der Waals surface area contributed by atoms with Gasteiger partial charge in [-0.05, 0) is 69.2 Å². The highest BCUT2D eigenvalue weighted by Crippen LogP contribution is 2.40. The summed E-state index contributed by atoms with van der Waals surface area (Å²) in [5.74, 6) is 0.0718. The molecular weight excluding hydrogens is 258 g/mol. The second-order valence-corrected chi connectivity index (χ2v) is 6.69. The molecule has 1 aromatic rings. The normalized spacial score (nSPS) is 18.3. The molecule has 2 nitrogen and oxygen atoms in total. The fourth-order valence-electron chi connectivity index (χ4n) is 3.22. The smallest absolute Gasteiger partial charge is 0.161 e. The highest BCUT2D eigenvalue weighted by atomic mass is 16.1. The van der Waals surface area contributed by atoms with Gasteiger partial charge >= 0.3 is 0 Å². The number of carbonyl (C=O) groups excluding carboxylic acids is 1. The van der Waals surface area contributed by atoms with Crippen LogP contribution in [0.25, 0.3) is 6.08 Å². The van der Waals surface area contributed by atoms with Gasteiger partial charge in [0.05, 0.1) is 5.69 Å². The summed E-state index contributed by atoms with van der Waals surface area (Å²) in [6, 6.07) is 3.80. The summed E-state index contributed by atoms with van der Waals surface area (Å²) >= 11 is 0. The molecule has 2 rings (SSSR count). The molecule has 0 N–H and O–H groups in total. The number of Topliss-reactive ketones (excluding diaryl/α,β-unsaturated/α-hetero) is 1. The Morgan fingerprint density at radius 1 is 1.24 bits per heavy atom. The van der Waals surface area contributed by atoms with Gasteiger partial charge in [-0.2, -0.15) is 0 Å². The molecule has 0 unspecified atom stereocenters. The molecular formula is C19H25NO. The van der Waals surface area contributed by atoms with Crippen molar-refractivity contribution in [1.29, 1.82) is 0 Å². The van der Waals surface area contributed by atoms with Gasteiger partial charge in [0.2, 0.25) is 0 Å². The molecule has 1 aliphatic carbocycles. The van der Waals surface area contributed by atoms with Gasteiger partial charge in [0.1, 0.15) is 0 Å². The van der Waals surface area contributed by atoms with E-state index in [0.29, 0.717) is 5.56 Å². The van der Waals surface area contributed by atoms with Crippen LogP contribution in [0, 0.1) is 12.3 Å². The number of aromatic nitrogens is 1. The third kappa shape index (κ3) is 3.49. The molecule has 0 spiro atoms. The van der Waals surface area contributed by atoms with Crippen molar-refractivity contribution in [3.63, 3.8) is 0 Å². The highest BCUT2D eigenvalue weighted by Gasteiger charge is 2.26. The summed E-state index contributed by atoms with van der Waals surface area (Å²) < 4.78 is 0. The maximum absolute atomic E-state index is 11.4. The van der Waals surface area contributed by atoms with E-state index in [4.69, 9.17) is 0 Å². The molecule has 2 heteroatoms. The summed E-state index contributed by atoms with van der Waals surface area (Å²) in [6.07, 6.45) is 7.99. The molecule has 21 heavy (non-hydrogen) atoms. The van der Waals surface area contributed by atoms with Gasteiger partial charge in [0.15, 0.2) is 5.78 Å². The van der Waals surface area contributed by atoms with Crippen LogP contribution in [-0.4, -0.2) is 10.8 Å². The van der Waals surface area contributed by atoms with Crippen LogP contribution in [0.15, 0.2) is 29.4 Å². The summed E-state index contributed by atoms with van der Waals surface area (Å²) in [5.41, 5.74) is 5.59. The van der Waals surface area contributed by atoms with Gasteiger partial charge in [0, 0.05) is 11.3 Å². The van der Waals surface area contributed by atoms with Crippen molar-refractivity contribution >= 4 is 11.9 Å². The Kier molecular flexibility index (Phi) is 4.46.